The van der Waals surface area contributed by atoms with Gasteiger partial charge in [-0.2, -0.15) is 0 Å². The molecular weight excluding hydrogens is 695 g/mol. The molecule has 2 unspecified atom stereocenters. The van der Waals surface area contributed by atoms with Gasteiger partial charge < -0.3 is 20.3 Å². The van der Waals surface area contributed by atoms with Gasteiger partial charge in [0.25, 0.3) is 0 Å². The normalized spacial score (nSPS) is 12.9. The summed E-state index contributed by atoms with van der Waals surface area (Å²) in [5.74, 6) is -0.112. The van der Waals surface area contributed by atoms with E-state index in [2.05, 4.69) is 31.3 Å². The first-order valence-corrected chi connectivity index (χ1v) is 24.6. The van der Waals surface area contributed by atoms with Crippen molar-refractivity contribution < 1.29 is 24.5 Å². The second-order valence-electron chi connectivity index (χ2n) is 16.8. The molecule has 0 saturated carbocycles. The zero-order valence-corrected chi connectivity index (χ0v) is 37.4. The minimum atomic E-state index is -0.860. The molecule has 0 rings (SSSR count). The average molecular weight is 790 g/mol. The summed E-state index contributed by atoms with van der Waals surface area (Å²) in [6.07, 6.45) is 53.1. The lowest BCUT2D eigenvalue weighted by molar-refractivity contribution is -0.143. The van der Waals surface area contributed by atoms with Gasteiger partial charge in [0.15, 0.2) is 0 Å². The Labute approximate surface area is 348 Å². The number of aliphatic hydroxyl groups is 2. The van der Waals surface area contributed by atoms with E-state index in [1.54, 1.807) is 6.08 Å². The first-order chi connectivity index (χ1) is 27.5. The zero-order chi connectivity index (χ0) is 40.8. The Kier molecular flexibility index (Phi) is 44.7. The molecule has 0 aliphatic carbocycles. The molecule has 6 heteroatoms. The third-order valence-electron chi connectivity index (χ3n) is 11.2. The fourth-order valence-corrected chi connectivity index (χ4v) is 7.39. The molecule has 3 N–H and O–H groups in total. The highest BCUT2D eigenvalue weighted by Crippen LogP contribution is 2.15. The SMILES string of the molecule is CCCCCCCCCCCCCC/C=C/C(O)C(CO)NC(=O)CCCCC/C=C\CCCCCCCCOC(=O)CCCCCCCCCCCCCC. The second-order valence-corrected chi connectivity index (χ2v) is 16.8. The Balaban J connectivity index is 3.54. The van der Waals surface area contributed by atoms with Gasteiger partial charge >= 0.3 is 5.97 Å². The molecule has 0 spiro atoms. The average Bonchev–Trinajstić information content (AvgIpc) is 3.20. The lowest BCUT2D eigenvalue weighted by atomic mass is 10.0. The number of carbonyl (C=O) groups excluding carboxylic acids is 2. The Hall–Kier alpha value is -1.66. The van der Waals surface area contributed by atoms with E-state index in [0.717, 1.165) is 70.6 Å². The molecule has 0 aliphatic heterocycles. The number of aliphatic hydroxyl groups excluding tert-OH is 2. The maximum atomic E-state index is 12.4. The van der Waals surface area contributed by atoms with Crippen LogP contribution < -0.4 is 5.32 Å². The standard InChI is InChI=1S/C50H95NO5/c1-3-5-7-9-11-13-15-17-19-22-26-30-34-38-42-48(53)47(46-52)51-49(54)43-39-35-31-27-23-20-18-21-25-29-33-37-41-45-56-50(55)44-40-36-32-28-24-16-14-12-10-8-6-4-2/h20,23,38,42,47-48,52-53H,3-19,21-22,24-37,39-41,43-46H2,1-2H3,(H,51,54)/b23-20-,42-38+. The monoisotopic (exact) mass is 790 g/mol. The molecule has 56 heavy (non-hydrogen) atoms. The number of nitrogens with one attached hydrogen (secondary N) is 1. The fourth-order valence-electron chi connectivity index (χ4n) is 7.39. The van der Waals surface area contributed by atoms with Gasteiger partial charge in [0, 0.05) is 12.8 Å². The number of carbonyl (C=O) groups is 2. The van der Waals surface area contributed by atoms with E-state index in [1.165, 1.54) is 161 Å². The van der Waals surface area contributed by atoms with E-state index in [-0.39, 0.29) is 18.5 Å². The molecule has 0 aliphatic rings. The van der Waals surface area contributed by atoms with E-state index in [4.69, 9.17) is 4.74 Å². The number of ether oxygens (including phenoxy) is 1. The first-order valence-electron chi connectivity index (χ1n) is 24.6. The minimum Gasteiger partial charge on any atom is -0.466 e. The van der Waals surface area contributed by atoms with Crippen molar-refractivity contribution in [1.82, 2.24) is 5.32 Å². The predicted octanol–water partition coefficient (Wildman–Crippen LogP) is 14.3. The number of unbranched alkanes of at least 4 members (excludes halogenated alkanes) is 32. The van der Waals surface area contributed by atoms with Crippen molar-refractivity contribution in [3.63, 3.8) is 0 Å². The van der Waals surface area contributed by atoms with Crippen molar-refractivity contribution in [1.29, 1.82) is 0 Å². The molecular formula is C50H95NO5. The Morgan fingerprint density at radius 3 is 1.29 bits per heavy atom. The lowest BCUT2D eigenvalue weighted by Crippen LogP contribution is -2.45. The molecule has 1 amide bonds. The van der Waals surface area contributed by atoms with E-state index >= 15 is 0 Å². The van der Waals surface area contributed by atoms with Crippen LogP contribution in [0.2, 0.25) is 0 Å². The highest BCUT2D eigenvalue weighted by atomic mass is 16.5. The maximum absolute atomic E-state index is 12.4. The van der Waals surface area contributed by atoms with Crippen molar-refractivity contribution in [2.24, 2.45) is 0 Å². The highest BCUT2D eigenvalue weighted by Gasteiger charge is 2.18. The van der Waals surface area contributed by atoms with Gasteiger partial charge in [-0.25, -0.2) is 0 Å². The third-order valence-corrected chi connectivity index (χ3v) is 11.2. The molecule has 0 heterocycles. The second kappa shape index (κ2) is 46.0. The number of hydrogen-bond acceptors (Lipinski definition) is 5. The summed E-state index contributed by atoms with van der Waals surface area (Å²) in [5, 5.41) is 23.0. The number of rotatable bonds is 45. The van der Waals surface area contributed by atoms with Gasteiger partial charge in [0.1, 0.15) is 0 Å². The van der Waals surface area contributed by atoms with Gasteiger partial charge in [-0.15, -0.1) is 0 Å². The molecule has 0 aromatic carbocycles. The van der Waals surface area contributed by atoms with Crippen LogP contribution in [0.15, 0.2) is 24.3 Å². The Morgan fingerprint density at radius 2 is 0.839 bits per heavy atom. The summed E-state index contributed by atoms with van der Waals surface area (Å²) in [7, 11) is 0. The summed E-state index contributed by atoms with van der Waals surface area (Å²) in [5.41, 5.74) is 0. The van der Waals surface area contributed by atoms with Gasteiger partial charge in [0.05, 0.1) is 25.4 Å². The number of amides is 1. The predicted molar refractivity (Wildman–Crippen MR) is 241 cm³/mol. The smallest absolute Gasteiger partial charge is 0.305 e. The summed E-state index contributed by atoms with van der Waals surface area (Å²) < 4.78 is 5.44. The van der Waals surface area contributed by atoms with Crippen molar-refractivity contribution in [3.05, 3.63) is 24.3 Å². The van der Waals surface area contributed by atoms with Gasteiger partial charge in [-0.1, -0.05) is 212 Å². The van der Waals surface area contributed by atoms with E-state index < -0.39 is 12.1 Å². The Bertz CT molecular complexity index is 874. The van der Waals surface area contributed by atoms with Crippen molar-refractivity contribution in [2.75, 3.05) is 13.2 Å². The molecule has 0 aromatic heterocycles. The summed E-state index contributed by atoms with van der Waals surface area (Å²) in [6.45, 7) is 4.85. The summed E-state index contributed by atoms with van der Waals surface area (Å²) >= 11 is 0. The Morgan fingerprint density at radius 1 is 0.482 bits per heavy atom. The van der Waals surface area contributed by atoms with Gasteiger partial charge in [-0.3, -0.25) is 9.59 Å². The van der Waals surface area contributed by atoms with Crippen LogP contribution in [0, 0.1) is 0 Å². The van der Waals surface area contributed by atoms with Crippen LogP contribution in [0.1, 0.15) is 258 Å². The van der Waals surface area contributed by atoms with Crippen LogP contribution in [0.4, 0.5) is 0 Å². The molecule has 6 nitrogen and oxygen atoms in total. The largest absolute Gasteiger partial charge is 0.466 e. The topological polar surface area (TPSA) is 95.9 Å². The van der Waals surface area contributed by atoms with Gasteiger partial charge in [-0.05, 0) is 57.8 Å². The molecule has 0 saturated heterocycles. The van der Waals surface area contributed by atoms with E-state index in [9.17, 15) is 19.8 Å². The summed E-state index contributed by atoms with van der Waals surface area (Å²) in [4.78, 5) is 24.4. The highest BCUT2D eigenvalue weighted by molar-refractivity contribution is 5.76. The molecule has 330 valence electrons. The van der Waals surface area contributed by atoms with E-state index in [0.29, 0.717) is 19.4 Å². The molecule has 0 fully saturated rings. The number of esters is 1. The number of hydrogen-bond donors (Lipinski definition) is 3. The van der Waals surface area contributed by atoms with Crippen molar-refractivity contribution in [3.8, 4) is 0 Å². The van der Waals surface area contributed by atoms with Crippen LogP contribution >= 0.6 is 0 Å². The molecule has 2 atom stereocenters. The van der Waals surface area contributed by atoms with Crippen LogP contribution in [-0.2, 0) is 14.3 Å². The number of allylic oxidation sites excluding steroid dienone is 3. The fraction of sp³-hybridized carbons (Fsp3) is 0.880. The van der Waals surface area contributed by atoms with Crippen LogP contribution in [-0.4, -0.2) is 47.4 Å². The van der Waals surface area contributed by atoms with Crippen molar-refractivity contribution >= 4 is 11.9 Å². The molecule has 0 aromatic rings. The van der Waals surface area contributed by atoms with Crippen molar-refractivity contribution in [2.45, 2.75) is 270 Å². The molecule has 0 bridgehead atoms. The minimum absolute atomic E-state index is 0.0138. The molecule has 0 radical (unpaired) electrons. The van der Waals surface area contributed by atoms with E-state index in [1.807, 2.05) is 6.08 Å². The van der Waals surface area contributed by atoms with Crippen LogP contribution in [0.25, 0.3) is 0 Å². The first kappa shape index (κ1) is 54.3. The quantitative estimate of drug-likeness (QED) is 0.0324. The summed E-state index contributed by atoms with van der Waals surface area (Å²) in [6, 6.07) is -0.646. The lowest BCUT2D eigenvalue weighted by Gasteiger charge is -2.19. The maximum Gasteiger partial charge on any atom is 0.305 e. The van der Waals surface area contributed by atoms with Crippen LogP contribution in [0.3, 0.4) is 0 Å². The van der Waals surface area contributed by atoms with Crippen LogP contribution in [0.5, 0.6) is 0 Å². The van der Waals surface area contributed by atoms with Gasteiger partial charge in [0.2, 0.25) is 5.91 Å². The third kappa shape index (κ3) is 42.0. The zero-order valence-electron chi connectivity index (χ0n) is 37.4.